The number of ether oxygens (including phenoxy) is 1. The highest BCUT2D eigenvalue weighted by atomic mass is 35.5. The van der Waals surface area contributed by atoms with E-state index in [9.17, 15) is 14.0 Å². The Kier molecular flexibility index (Phi) is 6.15. The summed E-state index contributed by atoms with van der Waals surface area (Å²) in [6.07, 6.45) is 1.89. The lowest BCUT2D eigenvalue weighted by Crippen LogP contribution is -2.30. The molecule has 3 N–H and O–H groups in total. The topological polar surface area (TPSA) is 84.7 Å². The highest BCUT2D eigenvalue weighted by Crippen LogP contribution is 2.27. The Morgan fingerprint density at radius 1 is 1.42 bits per heavy atom. The second kappa shape index (κ2) is 7.92. The van der Waals surface area contributed by atoms with Crippen LogP contribution in [0.4, 0.5) is 15.8 Å². The van der Waals surface area contributed by atoms with Gasteiger partial charge in [0.25, 0.3) is 5.91 Å². The molecule has 0 unspecified atom stereocenters. The van der Waals surface area contributed by atoms with Crippen molar-refractivity contribution in [3.8, 4) is 0 Å². The molecular formula is C16H21ClFN3O3. The molecule has 0 spiro atoms. The van der Waals surface area contributed by atoms with E-state index in [2.05, 4.69) is 5.32 Å². The van der Waals surface area contributed by atoms with E-state index in [1.807, 2.05) is 0 Å². The molecule has 24 heavy (non-hydrogen) atoms. The highest BCUT2D eigenvalue weighted by molar-refractivity contribution is 5.97. The molecule has 2 aliphatic rings. The third-order valence-corrected chi connectivity index (χ3v) is 4.24. The fourth-order valence-corrected chi connectivity index (χ4v) is 3.00. The van der Waals surface area contributed by atoms with Crippen LogP contribution in [0.5, 0.6) is 0 Å². The summed E-state index contributed by atoms with van der Waals surface area (Å²) in [5, 5.41) is 2.65. The molecular weight excluding hydrogens is 337 g/mol. The van der Waals surface area contributed by atoms with Crippen LogP contribution in [0.1, 0.15) is 25.7 Å². The van der Waals surface area contributed by atoms with Crippen molar-refractivity contribution >= 4 is 35.6 Å². The number of nitrogens with two attached hydrogens (primary N) is 1. The van der Waals surface area contributed by atoms with Gasteiger partial charge in [0.1, 0.15) is 11.9 Å². The van der Waals surface area contributed by atoms with Gasteiger partial charge in [0.15, 0.2) is 0 Å². The zero-order valence-electron chi connectivity index (χ0n) is 13.2. The van der Waals surface area contributed by atoms with E-state index in [1.54, 1.807) is 6.07 Å². The number of hydrogen-bond donors (Lipinski definition) is 2. The van der Waals surface area contributed by atoms with Crippen molar-refractivity contribution in [2.24, 2.45) is 5.73 Å². The summed E-state index contributed by atoms with van der Waals surface area (Å²) in [6, 6.07) is 4.35. The Labute approximate surface area is 145 Å². The number of hydrogen-bond acceptors (Lipinski definition) is 4. The Bertz CT molecular complexity index is 629. The predicted octanol–water partition coefficient (Wildman–Crippen LogP) is 1.82. The van der Waals surface area contributed by atoms with Gasteiger partial charge in [0, 0.05) is 25.2 Å². The molecule has 2 atom stereocenters. The van der Waals surface area contributed by atoms with E-state index in [-0.39, 0.29) is 36.0 Å². The number of rotatable bonds is 4. The van der Waals surface area contributed by atoms with Crippen LogP contribution in [-0.4, -0.2) is 37.1 Å². The summed E-state index contributed by atoms with van der Waals surface area (Å²) >= 11 is 0. The van der Waals surface area contributed by atoms with Crippen LogP contribution >= 0.6 is 12.4 Å². The van der Waals surface area contributed by atoms with Crippen LogP contribution in [0.25, 0.3) is 0 Å². The van der Waals surface area contributed by atoms with Gasteiger partial charge in [-0.3, -0.25) is 9.59 Å². The minimum absolute atomic E-state index is 0. The Hall–Kier alpha value is -1.70. The molecule has 2 heterocycles. The second-order valence-corrected chi connectivity index (χ2v) is 5.86. The number of benzene rings is 1. The van der Waals surface area contributed by atoms with Crippen molar-refractivity contribution in [2.45, 2.75) is 37.9 Å². The summed E-state index contributed by atoms with van der Waals surface area (Å²) in [5.74, 6) is -0.900. The fourth-order valence-electron chi connectivity index (χ4n) is 3.00. The van der Waals surface area contributed by atoms with Gasteiger partial charge in [-0.2, -0.15) is 0 Å². The SMILES string of the molecule is Cl.NC[C@H]1CC[C@@H](C(=O)Nc2ccc(N3CCCC3=O)c(F)c2)O1. The number of carbonyl (C=O) groups excluding carboxylic acids is 2. The van der Waals surface area contributed by atoms with Gasteiger partial charge in [-0.25, -0.2) is 4.39 Å². The Balaban J connectivity index is 0.00000208. The first-order valence-corrected chi connectivity index (χ1v) is 7.85. The van der Waals surface area contributed by atoms with Gasteiger partial charge in [0.2, 0.25) is 5.91 Å². The first kappa shape index (κ1) is 18.6. The van der Waals surface area contributed by atoms with E-state index in [4.69, 9.17) is 10.5 Å². The molecule has 8 heteroatoms. The number of carbonyl (C=O) groups is 2. The molecule has 132 valence electrons. The van der Waals surface area contributed by atoms with E-state index >= 15 is 0 Å². The zero-order valence-corrected chi connectivity index (χ0v) is 14.0. The maximum Gasteiger partial charge on any atom is 0.253 e. The second-order valence-electron chi connectivity index (χ2n) is 5.86. The number of nitrogens with zero attached hydrogens (tertiary/aromatic N) is 1. The summed E-state index contributed by atoms with van der Waals surface area (Å²) in [5.41, 5.74) is 6.12. The quantitative estimate of drug-likeness (QED) is 0.860. The van der Waals surface area contributed by atoms with Crippen LogP contribution < -0.4 is 16.0 Å². The molecule has 3 rings (SSSR count). The average molecular weight is 358 g/mol. The highest BCUT2D eigenvalue weighted by Gasteiger charge is 2.30. The molecule has 2 fully saturated rings. The summed E-state index contributed by atoms with van der Waals surface area (Å²) in [4.78, 5) is 25.2. The van der Waals surface area contributed by atoms with Crippen molar-refractivity contribution in [2.75, 3.05) is 23.3 Å². The smallest absolute Gasteiger partial charge is 0.253 e. The summed E-state index contributed by atoms with van der Waals surface area (Å²) < 4.78 is 19.7. The largest absolute Gasteiger partial charge is 0.364 e. The molecule has 0 aromatic heterocycles. The normalized spacial score (nSPS) is 23.2. The van der Waals surface area contributed by atoms with Gasteiger partial charge in [-0.1, -0.05) is 0 Å². The third-order valence-electron chi connectivity index (χ3n) is 4.24. The van der Waals surface area contributed by atoms with E-state index in [0.717, 1.165) is 12.8 Å². The molecule has 0 saturated carbocycles. The van der Waals surface area contributed by atoms with Gasteiger partial charge in [0.05, 0.1) is 11.8 Å². The molecule has 0 radical (unpaired) electrons. The molecule has 0 bridgehead atoms. The first-order valence-electron chi connectivity index (χ1n) is 7.85. The monoisotopic (exact) mass is 357 g/mol. The van der Waals surface area contributed by atoms with Crippen LogP contribution in [0, 0.1) is 5.82 Å². The zero-order chi connectivity index (χ0) is 16.4. The minimum Gasteiger partial charge on any atom is -0.364 e. The van der Waals surface area contributed by atoms with E-state index in [0.29, 0.717) is 31.6 Å². The lowest BCUT2D eigenvalue weighted by molar-refractivity contribution is -0.126. The van der Waals surface area contributed by atoms with Crippen LogP contribution in [-0.2, 0) is 14.3 Å². The maximum atomic E-state index is 14.2. The Morgan fingerprint density at radius 3 is 2.79 bits per heavy atom. The number of nitrogens with one attached hydrogen (secondary N) is 1. The van der Waals surface area contributed by atoms with Crippen LogP contribution in [0.2, 0.25) is 0 Å². The maximum absolute atomic E-state index is 14.2. The van der Waals surface area contributed by atoms with Crippen molar-refractivity contribution in [3.63, 3.8) is 0 Å². The first-order chi connectivity index (χ1) is 11.1. The van der Waals surface area contributed by atoms with Gasteiger partial charge in [-0.05, 0) is 37.5 Å². The third kappa shape index (κ3) is 3.85. The minimum atomic E-state index is -0.550. The van der Waals surface area contributed by atoms with E-state index < -0.39 is 11.9 Å². The van der Waals surface area contributed by atoms with Crippen LogP contribution in [0.3, 0.4) is 0 Å². The molecule has 2 amide bonds. The lowest BCUT2D eigenvalue weighted by atomic mass is 10.2. The summed E-state index contributed by atoms with van der Waals surface area (Å²) in [7, 11) is 0. The molecule has 2 aliphatic heterocycles. The van der Waals surface area contributed by atoms with Gasteiger partial charge in [-0.15, -0.1) is 12.4 Å². The molecule has 1 aromatic rings. The van der Waals surface area contributed by atoms with Gasteiger partial charge < -0.3 is 20.7 Å². The lowest BCUT2D eigenvalue weighted by Gasteiger charge is -2.18. The van der Waals surface area contributed by atoms with Crippen molar-refractivity contribution in [1.29, 1.82) is 0 Å². The number of halogens is 2. The summed E-state index contributed by atoms with van der Waals surface area (Å²) in [6.45, 7) is 0.912. The van der Waals surface area contributed by atoms with E-state index in [1.165, 1.54) is 17.0 Å². The molecule has 0 aliphatic carbocycles. The van der Waals surface area contributed by atoms with Crippen molar-refractivity contribution in [3.05, 3.63) is 24.0 Å². The van der Waals surface area contributed by atoms with Gasteiger partial charge >= 0.3 is 0 Å². The standard InChI is InChI=1S/C16H20FN3O3.ClH/c17-12-8-10(3-5-13(12)20-7-1-2-15(20)21)19-16(22)14-6-4-11(9-18)23-14;/h3,5,8,11,14H,1-2,4,6-7,9,18H2,(H,19,22);1H/t11-,14+;/m1./s1. The fraction of sp³-hybridized carbons (Fsp3) is 0.500. The molecule has 2 saturated heterocycles. The van der Waals surface area contributed by atoms with Crippen molar-refractivity contribution in [1.82, 2.24) is 0 Å². The van der Waals surface area contributed by atoms with Crippen molar-refractivity contribution < 1.29 is 18.7 Å². The Morgan fingerprint density at radius 2 is 2.21 bits per heavy atom. The molecule has 1 aromatic carbocycles. The number of amides is 2. The molecule has 6 nitrogen and oxygen atoms in total. The average Bonchev–Trinajstić information content (AvgIpc) is 3.16. The predicted molar refractivity (Wildman–Crippen MR) is 90.8 cm³/mol. The van der Waals surface area contributed by atoms with Crippen LogP contribution in [0.15, 0.2) is 18.2 Å². The number of anilines is 2.